The second-order valence-corrected chi connectivity index (χ2v) is 7.56. The molecule has 6 heteroatoms. The van der Waals surface area contributed by atoms with Crippen molar-refractivity contribution in [2.75, 3.05) is 19.6 Å². The number of carbonyl (C=O) groups is 2. The summed E-state index contributed by atoms with van der Waals surface area (Å²) in [5, 5.41) is 0. The molecule has 25 heavy (non-hydrogen) atoms. The van der Waals surface area contributed by atoms with E-state index in [2.05, 4.69) is 4.98 Å². The minimum Gasteiger partial charge on any atom is -0.340 e. The number of rotatable bonds is 3. The van der Waals surface area contributed by atoms with Gasteiger partial charge in [0.2, 0.25) is 11.5 Å². The molecule has 0 bridgehead atoms. The van der Waals surface area contributed by atoms with Crippen molar-refractivity contribution in [3.63, 3.8) is 0 Å². The third-order valence-corrected chi connectivity index (χ3v) is 5.56. The van der Waals surface area contributed by atoms with Gasteiger partial charge >= 0.3 is 0 Å². The van der Waals surface area contributed by atoms with Crippen LogP contribution >= 0.6 is 0 Å². The number of aromatic amines is 1. The minimum absolute atomic E-state index is 0.146. The van der Waals surface area contributed by atoms with Gasteiger partial charge in [-0.25, -0.2) is 0 Å². The van der Waals surface area contributed by atoms with Crippen LogP contribution in [0.5, 0.6) is 0 Å². The Hall–Kier alpha value is -2.11. The molecule has 136 valence electrons. The van der Waals surface area contributed by atoms with Gasteiger partial charge in [-0.15, -0.1) is 0 Å². The number of nitrogens with zero attached hydrogens (tertiary/aromatic N) is 2. The van der Waals surface area contributed by atoms with Crippen molar-refractivity contribution in [3.8, 4) is 0 Å². The topological polar surface area (TPSA) is 73.5 Å². The maximum Gasteiger partial charge on any atom is 0.254 e. The van der Waals surface area contributed by atoms with E-state index in [1.807, 2.05) is 25.7 Å². The zero-order valence-corrected chi connectivity index (χ0v) is 15.3. The van der Waals surface area contributed by atoms with Crippen molar-refractivity contribution in [3.05, 3.63) is 33.7 Å². The predicted octanol–water partition coefficient (Wildman–Crippen LogP) is 1.80. The number of hydrogen-bond acceptors (Lipinski definition) is 3. The number of amides is 2. The zero-order valence-electron chi connectivity index (χ0n) is 15.3. The Kier molecular flexibility index (Phi) is 4.71. The predicted molar refractivity (Wildman–Crippen MR) is 95.5 cm³/mol. The van der Waals surface area contributed by atoms with Gasteiger partial charge in [0, 0.05) is 43.0 Å². The molecule has 0 aromatic carbocycles. The average molecular weight is 345 g/mol. The van der Waals surface area contributed by atoms with Crippen LogP contribution in [-0.2, 0) is 11.2 Å². The van der Waals surface area contributed by atoms with Gasteiger partial charge in [-0.05, 0) is 45.6 Å². The number of carbonyl (C=O) groups excluding carboxylic acids is 2. The third kappa shape index (κ3) is 3.22. The lowest BCUT2D eigenvalue weighted by molar-refractivity contribution is -0.147. The van der Waals surface area contributed by atoms with Gasteiger partial charge in [-0.1, -0.05) is 6.92 Å². The summed E-state index contributed by atoms with van der Waals surface area (Å²) in [7, 11) is 0. The van der Waals surface area contributed by atoms with Gasteiger partial charge in [-0.3, -0.25) is 14.4 Å². The van der Waals surface area contributed by atoms with Crippen LogP contribution in [-0.4, -0.2) is 52.3 Å². The fourth-order valence-corrected chi connectivity index (χ4v) is 4.12. The highest BCUT2D eigenvalue weighted by atomic mass is 16.2. The molecule has 0 unspecified atom stereocenters. The fourth-order valence-electron chi connectivity index (χ4n) is 4.12. The lowest BCUT2D eigenvalue weighted by atomic mass is 9.78. The maximum atomic E-state index is 13.0. The first-order valence-electron chi connectivity index (χ1n) is 9.20. The van der Waals surface area contributed by atoms with Gasteiger partial charge in [0.1, 0.15) is 0 Å². The molecule has 1 aromatic rings. The number of piperidine rings is 1. The highest BCUT2D eigenvalue weighted by molar-refractivity contribution is 5.95. The van der Waals surface area contributed by atoms with Gasteiger partial charge < -0.3 is 14.8 Å². The first-order valence-corrected chi connectivity index (χ1v) is 9.20. The van der Waals surface area contributed by atoms with Crippen LogP contribution in [0.1, 0.15) is 56.1 Å². The quantitative estimate of drug-likeness (QED) is 0.908. The largest absolute Gasteiger partial charge is 0.340 e. The highest BCUT2D eigenvalue weighted by Gasteiger charge is 2.49. The minimum atomic E-state index is -0.438. The Labute approximate surface area is 148 Å². The van der Waals surface area contributed by atoms with E-state index in [9.17, 15) is 14.4 Å². The monoisotopic (exact) mass is 345 g/mol. The Balaban J connectivity index is 1.80. The van der Waals surface area contributed by atoms with E-state index in [4.69, 9.17) is 0 Å². The average Bonchev–Trinajstić information content (AvgIpc) is 3.01. The summed E-state index contributed by atoms with van der Waals surface area (Å²) in [4.78, 5) is 44.0. The summed E-state index contributed by atoms with van der Waals surface area (Å²) < 4.78 is 0. The van der Waals surface area contributed by atoms with E-state index >= 15 is 0 Å². The summed E-state index contributed by atoms with van der Waals surface area (Å²) in [6, 6.07) is 3.29. The van der Waals surface area contributed by atoms with Crippen molar-refractivity contribution >= 4 is 11.8 Å². The van der Waals surface area contributed by atoms with Crippen LogP contribution in [0.3, 0.4) is 0 Å². The van der Waals surface area contributed by atoms with E-state index in [1.54, 1.807) is 11.0 Å². The molecule has 3 rings (SSSR count). The number of pyridine rings is 1. The number of likely N-dealkylation sites (tertiary alicyclic amines) is 2. The fraction of sp³-hybridized carbons (Fsp3) is 0.632. The lowest BCUT2D eigenvalue weighted by Crippen LogP contribution is -2.52. The first-order chi connectivity index (χ1) is 11.9. The summed E-state index contributed by atoms with van der Waals surface area (Å²) in [5.41, 5.74) is 0.481. The standard InChI is InChI=1S/C19H27N3O3/c1-4-15-10-14(11-16(23)20-15)17(24)21-9-7-19(12-21)6-5-8-22(13(2)3)18(19)25/h10-11,13H,4-9,12H2,1-3H3,(H,20,23)/t19-/m0/s1. The Bertz CT molecular complexity index is 740. The van der Waals surface area contributed by atoms with Crippen molar-refractivity contribution in [1.82, 2.24) is 14.8 Å². The molecule has 2 aliphatic heterocycles. The number of nitrogens with one attached hydrogen (secondary N) is 1. The van der Waals surface area contributed by atoms with Crippen LogP contribution in [0.4, 0.5) is 0 Å². The maximum absolute atomic E-state index is 13.0. The Morgan fingerprint density at radius 3 is 2.68 bits per heavy atom. The summed E-state index contributed by atoms with van der Waals surface area (Å²) in [6.45, 7) is 7.85. The Morgan fingerprint density at radius 2 is 2.00 bits per heavy atom. The smallest absolute Gasteiger partial charge is 0.254 e. The molecule has 2 saturated heterocycles. The molecule has 1 spiro atoms. The molecule has 3 heterocycles. The van der Waals surface area contributed by atoms with Gasteiger partial charge in [-0.2, -0.15) is 0 Å². The second kappa shape index (κ2) is 6.65. The van der Waals surface area contributed by atoms with Crippen LogP contribution in [0.15, 0.2) is 16.9 Å². The number of hydrogen-bond donors (Lipinski definition) is 1. The zero-order chi connectivity index (χ0) is 18.2. The second-order valence-electron chi connectivity index (χ2n) is 7.56. The number of aromatic nitrogens is 1. The van der Waals surface area contributed by atoms with Gasteiger partial charge in [0.25, 0.3) is 5.91 Å². The molecule has 2 fully saturated rings. The summed E-state index contributed by atoms with van der Waals surface area (Å²) in [6.07, 6.45) is 3.21. The molecule has 1 aromatic heterocycles. The Morgan fingerprint density at radius 1 is 1.24 bits per heavy atom. The SMILES string of the molecule is CCc1cc(C(=O)N2CC[C@@]3(CCCN(C(C)C)C3=O)C2)cc(=O)[nH]1. The van der Waals surface area contributed by atoms with Crippen LogP contribution in [0.25, 0.3) is 0 Å². The molecule has 6 nitrogen and oxygen atoms in total. The molecular formula is C19H27N3O3. The molecular weight excluding hydrogens is 318 g/mol. The third-order valence-electron chi connectivity index (χ3n) is 5.56. The molecule has 2 amide bonds. The van der Waals surface area contributed by atoms with Crippen molar-refractivity contribution < 1.29 is 9.59 Å². The van der Waals surface area contributed by atoms with E-state index < -0.39 is 5.41 Å². The van der Waals surface area contributed by atoms with Crippen LogP contribution < -0.4 is 5.56 Å². The first kappa shape index (κ1) is 17.7. The molecule has 2 aliphatic rings. The van der Waals surface area contributed by atoms with E-state index in [-0.39, 0.29) is 23.4 Å². The van der Waals surface area contributed by atoms with Gasteiger partial charge in [0.05, 0.1) is 5.41 Å². The van der Waals surface area contributed by atoms with E-state index in [1.165, 1.54) is 6.07 Å². The number of aryl methyl sites for hydroxylation is 1. The molecule has 0 aliphatic carbocycles. The molecule has 1 N–H and O–H groups in total. The van der Waals surface area contributed by atoms with Crippen molar-refractivity contribution in [1.29, 1.82) is 0 Å². The molecule has 0 radical (unpaired) electrons. The van der Waals surface area contributed by atoms with Crippen molar-refractivity contribution in [2.45, 2.75) is 52.5 Å². The van der Waals surface area contributed by atoms with Gasteiger partial charge in [0.15, 0.2) is 0 Å². The van der Waals surface area contributed by atoms with Crippen LogP contribution in [0, 0.1) is 5.41 Å². The highest BCUT2D eigenvalue weighted by Crippen LogP contribution is 2.41. The lowest BCUT2D eigenvalue weighted by Gasteiger charge is -2.41. The van der Waals surface area contributed by atoms with Crippen molar-refractivity contribution in [2.24, 2.45) is 5.41 Å². The van der Waals surface area contributed by atoms with E-state index in [0.29, 0.717) is 31.5 Å². The molecule has 0 saturated carbocycles. The van der Waals surface area contributed by atoms with Crippen LogP contribution in [0.2, 0.25) is 0 Å². The normalized spacial score (nSPS) is 23.8. The summed E-state index contributed by atoms with van der Waals surface area (Å²) in [5.74, 6) is 0.0383. The number of H-pyrrole nitrogens is 1. The summed E-state index contributed by atoms with van der Waals surface area (Å²) >= 11 is 0. The molecule has 1 atom stereocenters. The van der Waals surface area contributed by atoms with E-state index in [0.717, 1.165) is 25.1 Å².